The summed E-state index contributed by atoms with van der Waals surface area (Å²) in [4.78, 5) is 30.1. The predicted molar refractivity (Wildman–Crippen MR) is 93.5 cm³/mol. The van der Waals surface area contributed by atoms with Crippen LogP contribution in [0.5, 0.6) is 0 Å². The second-order valence-electron chi connectivity index (χ2n) is 6.21. The maximum absolute atomic E-state index is 14.3. The van der Waals surface area contributed by atoms with Gasteiger partial charge in [0.05, 0.1) is 10.9 Å². The van der Waals surface area contributed by atoms with Crippen molar-refractivity contribution >= 4 is 27.5 Å². The molecule has 134 valence electrons. The van der Waals surface area contributed by atoms with E-state index in [0.717, 1.165) is 52.8 Å². The minimum absolute atomic E-state index is 0.293. The highest BCUT2D eigenvalue weighted by molar-refractivity contribution is 7.18. The standard InChI is InChI=1S/C18H14F2N2O3S/c19-10-5-3-6-11(20)15(10)16-21-17-14(18(25)22(16)8-13(23)24)9-4-1-2-7-12(9)26-17/h3,5-6H,1-2,4,7-8H2,(H,23,24). The number of halogens is 2. The third kappa shape index (κ3) is 2.61. The number of nitrogens with zero attached hydrogens (tertiary/aromatic N) is 2. The molecule has 5 nitrogen and oxygen atoms in total. The number of aryl methyl sites for hydroxylation is 2. The molecule has 1 N–H and O–H groups in total. The molecule has 2 aromatic heterocycles. The molecule has 1 aromatic carbocycles. The maximum Gasteiger partial charge on any atom is 0.323 e. The summed E-state index contributed by atoms with van der Waals surface area (Å²) in [5.41, 5.74) is -0.151. The van der Waals surface area contributed by atoms with Crippen molar-refractivity contribution in [2.45, 2.75) is 32.2 Å². The second-order valence-corrected chi connectivity index (χ2v) is 7.29. The van der Waals surface area contributed by atoms with E-state index >= 15 is 0 Å². The summed E-state index contributed by atoms with van der Waals surface area (Å²) >= 11 is 1.35. The molecule has 1 aliphatic rings. The smallest absolute Gasteiger partial charge is 0.323 e. The van der Waals surface area contributed by atoms with Gasteiger partial charge in [-0.1, -0.05) is 6.07 Å². The Hall–Kier alpha value is -2.61. The molecule has 0 atom stereocenters. The van der Waals surface area contributed by atoms with Gasteiger partial charge in [-0.25, -0.2) is 13.8 Å². The van der Waals surface area contributed by atoms with Gasteiger partial charge in [0.25, 0.3) is 5.56 Å². The van der Waals surface area contributed by atoms with Gasteiger partial charge in [0.2, 0.25) is 0 Å². The maximum atomic E-state index is 14.3. The molecule has 1 aliphatic carbocycles. The van der Waals surface area contributed by atoms with E-state index in [9.17, 15) is 23.5 Å². The van der Waals surface area contributed by atoms with E-state index in [0.29, 0.717) is 10.2 Å². The van der Waals surface area contributed by atoms with E-state index in [1.165, 1.54) is 17.4 Å². The molecule has 0 aliphatic heterocycles. The van der Waals surface area contributed by atoms with Gasteiger partial charge in [-0.3, -0.25) is 14.2 Å². The topological polar surface area (TPSA) is 72.2 Å². The number of hydrogen-bond acceptors (Lipinski definition) is 4. The molecular formula is C18H14F2N2O3S. The van der Waals surface area contributed by atoms with Crippen LogP contribution in [0.1, 0.15) is 23.3 Å². The fourth-order valence-corrected chi connectivity index (χ4v) is 4.67. The summed E-state index contributed by atoms with van der Waals surface area (Å²) in [6, 6.07) is 3.31. The van der Waals surface area contributed by atoms with Gasteiger partial charge < -0.3 is 5.11 Å². The molecule has 0 radical (unpaired) electrons. The number of fused-ring (bicyclic) bond motifs is 3. The summed E-state index contributed by atoms with van der Waals surface area (Å²) in [5, 5.41) is 9.57. The average molecular weight is 376 g/mol. The molecule has 4 rings (SSSR count). The summed E-state index contributed by atoms with van der Waals surface area (Å²) in [7, 11) is 0. The van der Waals surface area contributed by atoms with Crippen LogP contribution in [-0.2, 0) is 24.2 Å². The minimum Gasteiger partial charge on any atom is -0.480 e. The van der Waals surface area contributed by atoms with Crippen molar-refractivity contribution in [2.24, 2.45) is 0 Å². The largest absolute Gasteiger partial charge is 0.480 e. The lowest BCUT2D eigenvalue weighted by molar-refractivity contribution is -0.137. The molecule has 3 aromatic rings. The summed E-state index contributed by atoms with van der Waals surface area (Å²) in [5.74, 6) is -3.36. The Labute approximate surface area is 150 Å². The zero-order valence-corrected chi connectivity index (χ0v) is 14.4. The van der Waals surface area contributed by atoms with Crippen LogP contribution in [0.2, 0.25) is 0 Å². The van der Waals surface area contributed by atoms with E-state index in [1.807, 2.05) is 0 Å². The number of carbonyl (C=O) groups is 1. The van der Waals surface area contributed by atoms with Crippen LogP contribution in [0.15, 0.2) is 23.0 Å². The van der Waals surface area contributed by atoms with Crippen LogP contribution in [0.3, 0.4) is 0 Å². The van der Waals surface area contributed by atoms with Crippen LogP contribution in [0.4, 0.5) is 8.78 Å². The minimum atomic E-state index is -1.28. The van der Waals surface area contributed by atoms with Crippen molar-refractivity contribution in [3.63, 3.8) is 0 Å². The Bertz CT molecular complexity index is 1080. The highest BCUT2D eigenvalue weighted by Crippen LogP contribution is 2.35. The van der Waals surface area contributed by atoms with Gasteiger partial charge in [-0.05, 0) is 43.4 Å². The molecule has 2 heterocycles. The number of carboxylic acids is 1. The van der Waals surface area contributed by atoms with Crippen molar-refractivity contribution < 1.29 is 18.7 Å². The second kappa shape index (κ2) is 6.28. The van der Waals surface area contributed by atoms with E-state index in [4.69, 9.17) is 0 Å². The van der Waals surface area contributed by atoms with E-state index in [2.05, 4.69) is 4.98 Å². The SMILES string of the molecule is O=C(O)Cn1c(-c2c(F)cccc2F)nc2sc3c(c2c1=O)CCCC3. The van der Waals surface area contributed by atoms with Crippen LogP contribution >= 0.6 is 11.3 Å². The van der Waals surface area contributed by atoms with Gasteiger partial charge in [0.1, 0.15) is 23.0 Å². The normalized spacial score (nSPS) is 13.8. The highest BCUT2D eigenvalue weighted by atomic mass is 32.1. The summed E-state index contributed by atoms with van der Waals surface area (Å²) in [6.07, 6.45) is 3.52. The zero-order chi connectivity index (χ0) is 18.4. The van der Waals surface area contributed by atoms with Crippen molar-refractivity contribution in [1.82, 2.24) is 9.55 Å². The lowest BCUT2D eigenvalue weighted by Crippen LogP contribution is -2.27. The number of aliphatic carboxylic acids is 1. The lowest BCUT2D eigenvalue weighted by atomic mass is 9.97. The molecule has 0 spiro atoms. The molecule has 8 heteroatoms. The Morgan fingerprint density at radius 3 is 2.62 bits per heavy atom. The predicted octanol–water partition coefficient (Wildman–Crippen LogP) is 3.37. The van der Waals surface area contributed by atoms with Gasteiger partial charge in [0, 0.05) is 4.88 Å². The molecule has 0 saturated heterocycles. The van der Waals surface area contributed by atoms with Crippen LogP contribution < -0.4 is 5.56 Å². The Morgan fingerprint density at radius 1 is 1.23 bits per heavy atom. The number of hydrogen-bond donors (Lipinski definition) is 1. The Balaban J connectivity index is 2.09. The zero-order valence-electron chi connectivity index (χ0n) is 13.6. The molecule has 26 heavy (non-hydrogen) atoms. The van der Waals surface area contributed by atoms with Crippen molar-refractivity contribution in [3.8, 4) is 11.4 Å². The van der Waals surface area contributed by atoms with Crippen molar-refractivity contribution in [3.05, 3.63) is 50.6 Å². The van der Waals surface area contributed by atoms with Gasteiger partial charge in [-0.15, -0.1) is 11.3 Å². The third-order valence-electron chi connectivity index (χ3n) is 4.55. The molecule has 0 fully saturated rings. The summed E-state index contributed by atoms with van der Waals surface area (Å²) < 4.78 is 29.4. The van der Waals surface area contributed by atoms with E-state index in [-0.39, 0.29) is 5.82 Å². The molecular weight excluding hydrogens is 362 g/mol. The van der Waals surface area contributed by atoms with Crippen LogP contribution in [0.25, 0.3) is 21.6 Å². The number of rotatable bonds is 3. The first-order chi connectivity index (χ1) is 12.5. The molecule has 0 bridgehead atoms. The molecule has 0 saturated carbocycles. The first-order valence-corrected chi connectivity index (χ1v) is 9.00. The van der Waals surface area contributed by atoms with Gasteiger partial charge in [-0.2, -0.15) is 0 Å². The van der Waals surface area contributed by atoms with Gasteiger partial charge in [0.15, 0.2) is 5.82 Å². The Morgan fingerprint density at radius 2 is 1.92 bits per heavy atom. The van der Waals surface area contributed by atoms with Gasteiger partial charge >= 0.3 is 5.97 Å². The Kier molecular flexibility index (Phi) is 4.07. The first kappa shape index (κ1) is 16.8. The quantitative estimate of drug-likeness (QED) is 0.761. The monoisotopic (exact) mass is 376 g/mol. The van der Waals surface area contributed by atoms with Crippen LogP contribution in [0, 0.1) is 11.6 Å². The highest BCUT2D eigenvalue weighted by Gasteiger charge is 2.25. The number of carboxylic acid groups (broad SMARTS) is 1. The van der Waals surface area contributed by atoms with E-state index < -0.39 is 35.3 Å². The van der Waals surface area contributed by atoms with Crippen molar-refractivity contribution in [2.75, 3.05) is 0 Å². The third-order valence-corrected chi connectivity index (χ3v) is 5.74. The average Bonchev–Trinajstić information content (AvgIpc) is 2.96. The van der Waals surface area contributed by atoms with Crippen molar-refractivity contribution in [1.29, 1.82) is 0 Å². The number of thiophene rings is 1. The van der Waals surface area contributed by atoms with E-state index in [1.54, 1.807) is 0 Å². The fourth-order valence-electron chi connectivity index (χ4n) is 3.42. The fraction of sp³-hybridized carbons (Fsp3) is 0.278. The number of aromatic nitrogens is 2. The molecule has 0 unspecified atom stereocenters. The summed E-state index contributed by atoms with van der Waals surface area (Å²) in [6.45, 7) is -0.713. The molecule has 0 amide bonds. The lowest BCUT2D eigenvalue weighted by Gasteiger charge is -2.13. The van der Waals surface area contributed by atoms with Crippen LogP contribution in [-0.4, -0.2) is 20.6 Å². The number of benzene rings is 1. The first-order valence-electron chi connectivity index (χ1n) is 8.18.